The normalized spacial score (nSPS) is 10.8. The molecule has 0 aliphatic carbocycles. The number of fused-ring (bicyclic) bond motifs is 1. The smallest absolute Gasteiger partial charge is 0.273 e. The van der Waals surface area contributed by atoms with Gasteiger partial charge in [-0.2, -0.15) is 0 Å². The van der Waals surface area contributed by atoms with E-state index in [2.05, 4.69) is 15.3 Å². The molecule has 0 aliphatic rings. The third-order valence-electron chi connectivity index (χ3n) is 3.16. The number of aryl methyl sites for hydroxylation is 1. The highest BCUT2D eigenvalue weighted by atomic mass is 32.2. The molecule has 2 N–H and O–H groups in total. The van der Waals surface area contributed by atoms with Gasteiger partial charge in [0.1, 0.15) is 5.69 Å². The van der Waals surface area contributed by atoms with Gasteiger partial charge in [0.25, 0.3) is 11.5 Å². The zero-order valence-corrected chi connectivity index (χ0v) is 13.6. The van der Waals surface area contributed by atoms with Crippen molar-refractivity contribution in [3.05, 3.63) is 52.1 Å². The van der Waals surface area contributed by atoms with Gasteiger partial charge in [0.05, 0.1) is 9.90 Å². The Morgan fingerprint density at radius 3 is 2.86 bits per heavy atom. The van der Waals surface area contributed by atoms with E-state index in [0.29, 0.717) is 10.5 Å². The highest BCUT2D eigenvalue weighted by molar-refractivity contribution is 8.00. The molecule has 0 spiro atoms. The number of nitrogens with zero attached hydrogens (tertiary/aromatic N) is 1. The number of H-pyrrole nitrogens is 1. The number of anilines is 1. The number of hydrogen-bond donors (Lipinski definition) is 2. The fourth-order valence-corrected chi connectivity index (χ4v) is 3.73. The summed E-state index contributed by atoms with van der Waals surface area (Å²) in [5, 5.41) is 4.56. The van der Waals surface area contributed by atoms with Gasteiger partial charge in [0.15, 0.2) is 5.13 Å². The SMILES string of the molecule is CSc1sc(NC(=O)c2cc3ccccc3c(=O)[nH]2)nc1C. The van der Waals surface area contributed by atoms with Crippen LogP contribution in [0.25, 0.3) is 10.8 Å². The van der Waals surface area contributed by atoms with Crippen molar-refractivity contribution in [2.75, 3.05) is 11.6 Å². The molecule has 22 heavy (non-hydrogen) atoms. The van der Waals surface area contributed by atoms with Crippen molar-refractivity contribution in [3.8, 4) is 0 Å². The van der Waals surface area contributed by atoms with Gasteiger partial charge in [0, 0.05) is 5.39 Å². The van der Waals surface area contributed by atoms with Crippen LogP contribution >= 0.6 is 23.1 Å². The third kappa shape index (κ3) is 2.77. The van der Waals surface area contributed by atoms with Gasteiger partial charge in [-0.25, -0.2) is 4.98 Å². The summed E-state index contributed by atoms with van der Waals surface area (Å²) in [6.45, 7) is 1.90. The summed E-state index contributed by atoms with van der Waals surface area (Å²) in [6.07, 6.45) is 1.97. The number of benzene rings is 1. The van der Waals surface area contributed by atoms with Gasteiger partial charge in [0.2, 0.25) is 0 Å². The summed E-state index contributed by atoms with van der Waals surface area (Å²) >= 11 is 3.01. The van der Waals surface area contributed by atoms with Gasteiger partial charge < -0.3 is 4.98 Å². The lowest BCUT2D eigenvalue weighted by molar-refractivity contribution is 0.102. The number of pyridine rings is 1. The Morgan fingerprint density at radius 2 is 2.14 bits per heavy atom. The molecular weight excluding hydrogens is 318 g/mol. The highest BCUT2D eigenvalue weighted by Gasteiger charge is 2.13. The summed E-state index contributed by atoms with van der Waals surface area (Å²) < 4.78 is 1.06. The van der Waals surface area contributed by atoms with E-state index in [-0.39, 0.29) is 17.2 Å². The van der Waals surface area contributed by atoms with Crippen LogP contribution < -0.4 is 10.9 Å². The van der Waals surface area contributed by atoms with Crippen LogP contribution in [0.2, 0.25) is 0 Å². The van der Waals surface area contributed by atoms with E-state index in [4.69, 9.17) is 0 Å². The molecule has 7 heteroatoms. The summed E-state index contributed by atoms with van der Waals surface area (Å²) in [5.74, 6) is -0.371. The molecule has 0 atom stereocenters. The molecule has 3 aromatic rings. The standard InChI is InChI=1S/C15H13N3O2S2/c1-8-14(21-2)22-15(16-8)18-13(20)11-7-9-5-3-4-6-10(9)12(19)17-11/h3-7H,1-2H3,(H,17,19)(H,16,18,20). The Hall–Kier alpha value is -2.12. The Labute approximate surface area is 134 Å². The van der Waals surface area contributed by atoms with Gasteiger partial charge in [-0.1, -0.05) is 29.5 Å². The van der Waals surface area contributed by atoms with Crippen molar-refractivity contribution in [1.82, 2.24) is 9.97 Å². The highest BCUT2D eigenvalue weighted by Crippen LogP contribution is 2.30. The number of thiazole rings is 1. The number of amides is 1. The van der Waals surface area contributed by atoms with Crippen molar-refractivity contribution in [1.29, 1.82) is 0 Å². The Morgan fingerprint density at radius 1 is 1.36 bits per heavy atom. The lowest BCUT2D eigenvalue weighted by atomic mass is 10.1. The van der Waals surface area contributed by atoms with Crippen LogP contribution in [0.4, 0.5) is 5.13 Å². The number of rotatable bonds is 3. The zero-order valence-electron chi connectivity index (χ0n) is 12.0. The first-order valence-electron chi connectivity index (χ1n) is 6.53. The molecule has 0 fully saturated rings. The number of carbonyl (C=O) groups excluding carboxylic acids is 1. The van der Waals surface area contributed by atoms with Crippen molar-refractivity contribution >= 4 is 44.9 Å². The van der Waals surface area contributed by atoms with Gasteiger partial charge >= 0.3 is 0 Å². The maximum Gasteiger partial charge on any atom is 0.273 e. The van der Waals surface area contributed by atoms with E-state index >= 15 is 0 Å². The Bertz CT molecular complexity index is 915. The second-order valence-corrected chi connectivity index (χ2v) is 6.72. The molecule has 0 bridgehead atoms. The monoisotopic (exact) mass is 331 g/mol. The average molecular weight is 331 g/mol. The molecule has 0 saturated carbocycles. The van der Waals surface area contributed by atoms with Crippen molar-refractivity contribution < 1.29 is 4.79 Å². The predicted octanol–water partition coefficient (Wildman–Crippen LogP) is 3.27. The molecular formula is C15H13N3O2S2. The summed E-state index contributed by atoms with van der Waals surface area (Å²) in [7, 11) is 0. The number of aromatic nitrogens is 2. The molecule has 2 aromatic heterocycles. The summed E-state index contributed by atoms with van der Waals surface area (Å²) in [6, 6.07) is 8.82. The first-order valence-corrected chi connectivity index (χ1v) is 8.57. The van der Waals surface area contributed by atoms with Gasteiger partial charge in [-0.05, 0) is 30.7 Å². The molecule has 3 rings (SSSR count). The van der Waals surface area contributed by atoms with Crippen LogP contribution in [0.5, 0.6) is 0 Å². The summed E-state index contributed by atoms with van der Waals surface area (Å²) in [4.78, 5) is 31.2. The van der Waals surface area contributed by atoms with Gasteiger partial charge in [-0.3, -0.25) is 14.9 Å². The molecule has 0 aliphatic heterocycles. The maximum absolute atomic E-state index is 12.3. The number of thioether (sulfide) groups is 1. The summed E-state index contributed by atoms with van der Waals surface area (Å²) in [5.41, 5.74) is 0.838. The molecule has 1 aromatic carbocycles. The van der Waals surface area contributed by atoms with E-state index < -0.39 is 0 Å². The van der Waals surface area contributed by atoms with E-state index in [9.17, 15) is 9.59 Å². The van der Waals surface area contributed by atoms with Crippen LogP contribution in [0.15, 0.2) is 39.3 Å². The molecule has 0 saturated heterocycles. The number of aromatic amines is 1. The molecule has 2 heterocycles. The topological polar surface area (TPSA) is 74.8 Å². The first kappa shape index (κ1) is 14.8. The van der Waals surface area contributed by atoms with E-state index in [0.717, 1.165) is 15.3 Å². The third-order valence-corrected chi connectivity index (χ3v) is 5.44. The van der Waals surface area contributed by atoms with Crippen LogP contribution in [0, 0.1) is 6.92 Å². The zero-order chi connectivity index (χ0) is 15.7. The lowest BCUT2D eigenvalue weighted by Crippen LogP contribution is -2.18. The van der Waals surface area contributed by atoms with Crippen LogP contribution in [-0.2, 0) is 0 Å². The Kier molecular flexibility index (Phi) is 4.00. The fraction of sp³-hybridized carbons (Fsp3) is 0.133. The van der Waals surface area contributed by atoms with Crippen molar-refractivity contribution in [2.45, 2.75) is 11.1 Å². The van der Waals surface area contributed by atoms with E-state index in [1.807, 2.05) is 19.2 Å². The van der Waals surface area contributed by atoms with Crippen LogP contribution in [0.3, 0.4) is 0 Å². The minimum Gasteiger partial charge on any atom is -0.317 e. The molecule has 112 valence electrons. The van der Waals surface area contributed by atoms with Gasteiger partial charge in [-0.15, -0.1) is 11.8 Å². The minimum absolute atomic E-state index is 0.224. The first-order chi connectivity index (χ1) is 10.6. The quantitative estimate of drug-likeness (QED) is 0.722. The molecule has 0 unspecified atom stereocenters. The molecule has 1 amide bonds. The lowest BCUT2D eigenvalue weighted by Gasteiger charge is -2.03. The fourth-order valence-electron chi connectivity index (χ4n) is 2.12. The van der Waals surface area contributed by atoms with Crippen molar-refractivity contribution in [3.63, 3.8) is 0 Å². The minimum atomic E-state index is -0.371. The number of hydrogen-bond acceptors (Lipinski definition) is 5. The maximum atomic E-state index is 12.3. The average Bonchev–Trinajstić information content (AvgIpc) is 2.87. The van der Waals surface area contributed by atoms with E-state index in [1.165, 1.54) is 11.3 Å². The van der Waals surface area contributed by atoms with Crippen LogP contribution in [0.1, 0.15) is 16.2 Å². The number of nitrogens with one attached hydrogen (secondary N) is 2. The molecule has 5 nitrogen and oxygen atoms in total. The van der Waals surface area contributed by atoms with E-state index in [1.54, 1.807) is 36.0 Å². The predicted molar refractivity (Wildman–Crippen MR) is 91.2 cm³/mol. The second-order valence-electron chi connectivity index (χ2n) is 4.65. The number of carbonyl (C=O) groups is 1. The van der Waals surface area contributed by atoms with Crippen molar-refractivity contribution in [2.24, 2.45) is 0 Å². The van der Waals surface area contributed by atoms with Crippen LogP contribution in [-0.4, -0.2) is 22.1 Å². The Balaban J connectivity index is 1.93. The molecule has 0 radical (unpaired) electrons. The largest absolute Gasteiger partial charge is 0.317 e. The second kappa shape index (κ2) is 5.94.